The molecular formula is C11H18N4O2. The number of nitrogens with zero attached hydrogens (tertiary/aromatic N) is 3. The van der Waals surface area contributed by atoms with Gasteiger partial charge in [0, 0.05) is 13.7 Å². The van der Waals surface area contributed by atoms with Crippen LogP contribution in [0, 0.1) is 5.92 Å². The zero-order valence-electron chi connectivity index (χ0n) is 10.1. The van der Waals surface area contributed by atoms with Crippen LogP contribution in [0.2, 0.25) is 0 Å². The summed E-state index contributed by atoms with van der Waals surface area (Å²) in [5, 5.41) is 8.07. The van der Waals surface area contributed by atoms with Gasteiger partial charge in [-0.1, -0.05) is 18.1 Å². The van der Waals surface area contributed by atoms with Crippen molar-refractivity contribution >= 4 is 5.91 Å². The number of nitrogens with two attached hydrogens (primary N) is 1. The monoisotopic (exact) mass is 238 g/mol. The van der Waals surface area contributed by atoms with Gasteiger partial charge in [0.2, 0.25) is 5.91 Å². The molecule has 0 aliphatic heterocycles. The van der Waals surface area contributed by atoms with Gasteiger partial charge < -0.3 is 10.5 Å². The Hall–Kier alpha value is -1.43. The predicted octanol–water partition coefficient (Wildman–Crippen LogP) is 0.252. The van der Waals surface area contributed by atoms with Crippen LogP contribution >= 0.6 is 0 Å². The molecule has 0 radical (unpaired) electrons. The molecule has 1 fully saturated rings. The Morgan fingerprint density at radius 1 is 1.59 bits per heavy atom. The van der Waals surface area contributed by atoms with Crippen molar-refractivity contribution in [1.82, 2.24) is 15.0 Å². The summed E-state index contributed by atoms with van der Waals surface area (Å²) in [6, 6.07) is 0. The van der Waals surface area contributed by atoms with Crippen LogP contribution < -0.4 is 5.73 Å². The average Bonchev–Trinajstić information content (AvgIpc) is 3.03. The first-order chi connectivity index (χ1) is 8.20. The topological polar surface area (TPSA) is 83.0 Å². The molecule has 2 N–H and O–H groups in total. The summed E-state index contributed by atoms with van der Waals surface area (Å²) in [6.07, 6.45) is 3.89. The molecule has 1 aromatic rings. The molecular weight excluding hydrogens is 220 g/mol. The molecule has 0 aromatic carbocycles. The lowest BCUT2D eigenvalue weighted by Gasteiger charge is -2.06. The fourth-order valence-corrected chi connectivity index (χ4v) is 1.86. The number of carbonyl (C=O) groups is 1. The zero-order valence-corrected chi connectivity index (χ0v) is 10.1. The summed E-state index contributed by atoms with van der Waals surface area (Å²) < 4.78 is 6.95. The molecule has 0 bridgehead atoms. The fraction of sp³-hybridized carbons (Fsp3) is 0.727. The first-order valence-electron chi connectivity index (χ1n) is 5.89. The van der Waals surface area contributed by atoms with Gasteiger partial charge in [0.1, 0.15) is 0 Å². The molecule has 6 heteroatoms. The molecule has 6 nitrogen and oxygen atoms in total. The molecule has 1 saturated carbocycles. The molecule has 0 spiro atoms. The Morgan fingerprint density at radius 2 is 2.35 bits per heavy atom. The summed E-state index contributed by atoms with van der Waals surface area (Å²) in [7, 11) is 1.62. The summed E-state index contributed by atoms with van der Waals surface area (Å²) >= 11 is 0. The second-order valence-electron chi connectivity index (χ2n) is 4.51. The first-order valence-corrected chi connectivity index (χ1v) is 5.89. The Labute approximate surface area is 100 Å². The standard InChI is InChI=1S/C11H18N4O2/c1-17-7-10-9(6-11(12)16)13-14-15(10)5-4-8-2-3-8/h8H,2-7H2,1H3,(H2,12,16). The number of amides is 1. The van der Waals surface area contributed by atoms with Gasteiger partial charge >= 0.3 is 0 Å². The van der Waals surface area contributed by atoms with Crippen molar-refractivity contribution in [3.05, 3.63) is 11.4 Å². The number of carbonyl (C=O) groups excluding carboxylic acids is 1. The number of hydrogen-bond donors (Lipinski definition) is 1. The van der Waals surface area contributed by atoms with Gasteiger partial charge in [-0.15, -0.1) is 5.10 Å². The Kier molecular flexibility index (Phi) is 3.73. The van der Waals surface area contributed by atoms with Crippen LogP contribution in [0.1, 0.15) is 30.7 Å². The largest absolute Gasteiger partial charge is 0.378 e. The van der Waals surface area contributed by atoms with E-state index in [1.165, 1.54) is 12.8 Å². The lowest BCUT2D eigenvalue weighted by molar-refractivity contribution is -0.117. The molecule has 1 amide bonds. The lowest BCUT2D eigenvalue weighted by Crippen LogP contribution is -2.16. The molecule has 0 unspecified atom stereocenters. The minimum absolute atomic E-state index is 0.127. The van der Waals surface area contributed by atoms with E-state index in [9.17, 15) is 4.79 Å². The number of primary amides is 1. The van der Waals surface area contributed by atoms with E-state index in [1.807, 2.05) is 4.68 Å². The van der Waals surface area contributed by atoms with Gasteiger partial charge in [-0.2, -0.15) is 0 Å². The van der Waals surface area contributed by atoms with Gasteiger partial charge in [0.05, 0.1) is 24.4 Å². The Balaban J connectivity index is 2.06. The normalized spacial score (nSPS) is 15.1. The Morgan fingerprint density at radius 3 is 2.94 bits per heavy atom. The van der Waals surface area contributed by atoms with Gasteiger partial charge in [-0.05, 0) is 12.3 Å². The van der Waals surface area contributed by atoms with Gasteiger partial charge in [0.25, 0.3) is 0 Å². The van der Waals surface area contributed by atoms with Crippen LogP contribution in [0.4, 0.5) is 0 Å². The fourth-order valence-electron chi connectivity index (χ4n) is 1.86. The van der Waals surface area contributed by atoms with Crippen LogP contribution in [-0.4, -0.2) is 28.0 Å². The van der Waals surface area contributed by atoms with Crippen LogP contribution in [0.5, 0.6) is 0 Å². The number of hydrogen-bond acceptors (Lipinski definition) is 4. The highest BCUT2D eigenvalue weighted by molar-refractivity contribution is 5.76. The van der Waals surface area contributed by atoms with Crippen molar-refractivity contribution in [3.8, 4) is 0 Å². The van der Waals surface area contributed by atoms with E-state index in [0.29, 0.717) is 12.3 Å². The van der Waals surface area contributed by atoms with Gasteiger partial charge in [0.15, 0.2) is 0 Å². The summed E-state index contributed by atoms with van der Waals surface area (Å²) in [5.74, 6) is 0.450. The van der Waals surface area contributed by atoms with Crippen LogP contribution in [0.15, 0.2) is 0 Å². The second-order valence-corrected chi connectivity index (χ2v) is 4.51. The van der Waals surface area contributed by atoms with Crippen molar-refractivity contribution in [2.45, 2.75) is 38.8 Å². The van der Waals surface area contributed by atoms with Crippen molar-refractivity contribution in [1.29, 1.82) is 0 Å². The highest BCUT2D eigenvalue weighted by atomic mass is 16.5. The minimum atomic E-state index is -0.392. The molecule has 17 heavy (non-hydrogen) atoms. The highest BCUT2D eigenvalue weighted by Crippen LogP contribution is 2.32. The molecule has 1 heterocycles. The number of aryl methyl sites for hydroxylation is 1. The zero-order chi connectivity index (χ0) is 12.3. The lowest BCUT2D eigenvalue weighted by atomic mass is 10.2. The third kappa shape index (κ3) is 3.26. The predicted molar refractivity (Wildman–Crippen MR) is 61.0 cm³/mol. The van der Waals surface area contributed by atoms with Gasteiger partial charge in [-0.25, -0.2) is 4.68 Å². The second kappa shape index (κ2) is 5.27. The summed E-state index contributed by atoms with van der Waals surface area (Å²) in [5.41, 5.74) is 6.68. The quantitative estimate of drug-likeness (QED) is 0.738. The van der Waals surface area contributed by atoms with E-state index in [2.05, 4.69) is 10.3 Å². The molecule has 0 atom stereocenters. The van der Waals surface area contributed by atoms with E-state index in [-0.39, 0.29) is 6.42 Å². The van der Waals surface area contributed by atoms with Crippen molar-refractivity contribution in [2.75, 3.05) is 7.11 Å². The smallest absolute Gasteiger partial charge is 0.223 e. The SMILES string of the molecule is COCc1c(CC(N)=O)nnn1CCC1CC1. The van der Waals surface area contributed by atoms with E-state index in [4.69, 9.17) is 10.5 Å². The van der Waals surface area contributed by atoms with Crippen molar-refractivity contribution in [3.63, 3.8) is 0 Å². The van der Waals surface area contributed by atoms with Crippen LogP contribution in [-0.2, 0) is 29.1 Å². The summed E-state index contributed by atoms with van der Waals surface area (Å²) in [6.45, 7) is 1.26. The third-order valence-corrected chi connectivity index (χ3v) is 2.99. The molecule has 1 aliphatic rings. The maximum atomic E-state index is 10.9. The van der Waals surface area contributed by atoms with Crippen LogP contribution in [0.3, 0.4) is 0 Å². The summed E-state index contributed by atoms with van der Waals surface area (Å²) in [4.78, 5) is 10.9. The molecule has 2 rings (SSSR count). The van der Waals surface area contributed by atoms with E-state index in [0.717, 1.165) is 24.6 Å². The maximum absolute atomic E-state index is 10.9. The van der Waals surface area contributed by atoms with E-state index >= 15 is 0 Å². The molecule has 1 aliphatic carbocycles. The number of methoxy groups -OCH3 is 1. The third-order valence-electron chi connectivity index (χ3n) is 2.99. The van der Waals surface area contributed by atoms with Crippen LogP contribution in [0.25, 0.3) is 0 Å². The highest BCUT2D eigenvalue weighted by Gasteiger charge is 2.22. The van der Waals surface area contributed by atoms with Crippen molar-refractivity contribution in [2.24, 2.45) is 11.7 Å². The molecule has 94 valence electrons. The number of rotatable bonds is 7. The Bertz CT molecular complexity index is 398. The van der Waals surface area contributed by atoms with E-state index in [1.54, 1.807) is 7.11 Å². The average molecular weight is 238 g/mol. The van der Waals surface area contributed by atoms with Crippen molar-refractivity contribution < 1.29 is 9.53 Å². The minimum Gasteiger partial charge on any atom is -0.378 e. The first kappa shape index (κ1) is 12.0. The molecule has 1 aromatic heterocycles. The van der Waals surface area contributed by atoms with Gasteiger partial charge in [-0.3, -0.25) is 4.79 Å². The van der Waals surface area contributed by atoms with E-state index < -0.39 is 5.91 Å². The molecule has 0 saturated heterocycles. The number of ether oxygens (including phenoxy) is 1. The number of aromatic nitrogens is 3. The maximum Gasteiger partial charge on any atom is 0.223 e.